The lowest BCUT2D eigenvalue weighted by molar-refractivity contribution is -0.212. The first-order chi connectivity index (χ1) is 16.1. The molecule has 0 heterocycles. The predicted molar refractivity (Wildman–Crippen MR) is 134 cm³/mol. The van der Waals surface area contributed by atoms with E-state index in [9.17, 15) is 24.9 Å². The molecular formula is C30H46O5. The van der Waals surface area contributed by atoms with Crippen molar-refractivity contribution >= 4 is 11.8 Å². The van der Waals surface area contributed by atoms with Gasteiger partial charge in [-0.25, -0.2) is 0 Å². The summed E-state index contributed by atoms with van der Waals surface area (Å²) >= 11 is 0. The topological polar surface area (TPSA) is 94.8 Å². The van der Waals surface area contributed by atoms with Gasteiger partial charge in [0.25, 0.3) is 0 Å². The quantitative estimate of drug-likeness (QED) is 0.487. The van der Waals surface area contributed by atoms with E-state index in [0.717, 1.165) is 38.5 Å². The van der Waals surface area contributed by atoms with Crippen molar-refractivity contribution in [1.82, 2.24) is 0 Å². The monoisotopic (exact) mass is 486 g/mol. The first-order valence-corrected chi connectivity index (χ1v) is 13.9. The fourth-order valence-corrected chi connectivity index (χ4v) is 10.4. The first kappa shape index (κ1) is 25.4. The zero-order chi connectivity index (χ0) is 25.8. The molecule has 0 saturated heterocycles. The number of ketones is 1. The van der Waals surface area contributed by atoms with Gasteiger partial charge in [-0.1, -0.05) is 40.2 Å². The summed E-state index contributed by atoms with van der Waals surface area (Å²) in [6, 6.07) is 0. The van der Waals surface area contributed by atoms with Crippen molar-refractivity contribution in [2.45, 2.75) is 105 Å². The summed E-state index contributed by atoms with van der Waals surface area (Å²) in [6.07, 6.45) is 8.99. The summed E-state index contributed by atoms with van der Waals surface area (Å²) in [4.78, 5) is 26.5. The van der Waals surface area contributed by atoms with Crippen LogP contribution < -0.4 is 0 Å². The smallest absolute Gasteiger partial charge is 0.309 e. The van der Waals surface area contributed by atoms with Gasteiger partial charge in [-0.3, -0.25) is 9.59 Å². The normalized spacial score (nSPS) is 55.7. The fraction of sp³-hybridized carbons (Fsp3) is 0.867. The molecule has 0 aromatic heterocycles. The highest BCUT2D eigenvalue weighted by atomic mass is 16.4. The molecule has 0 bridgehead atoms. The SMILES string of the molecule is C[C@@]1(C(=O)O)CC[C@]2(C)CC[C@]3(C)C(=CC(=O)[C@@H]4[C@@]5(C)CC[C@H](O)[C@](C)(CO)[C@@H]5CC[C@]43C)[C@@H]2C1. The van der Waals surface area contributed by atoms with Crippen molar-refractivity contribution in [3.05, 3.63) is 11.6 Å². The third-order valence-electron chi connectivity index (χ3n) is 13.2. The number of fused-ring (bicyclic) bond motifs is 7. The van der Waals surface area contributed by atoms with E-state index in [1.807, 2.05) is 19.9 Å². The molecule has 3 N–H and O–H groups in total. The summed E-state index contributed by atoms with van der Waals surface area (Å²) < 4.78 is 0. The highest BCUT2D eigenvalue weighted by molar-refractivity contribution is 5.95. The second-order valence-corrected chi connectivity index (χ2v) is 14.8. The first-order valence-electron chi connectivity index (χ1n) is 13.9. The van der Waals surface area contributed by atoms with Gasteiger partial charge in [0.05, 0.1) is 18.1 Å². The van der Waals surface area contributed by atoms with E-state index in [0.29, 0.717) is 19.3 Å². The predicted octanol–water partition coefficient (Wildman–Crippen LogP) is 5.39. The molecule has 4 fully saturated rings. The highest BCUT2D eigenvalue weighted by Crippen LogP contribution is 2.75. The largest absolute Gasteiger partial charge is 0.481 e. The van der Waals surface area contributed by atoms with E-state index >= 15 is 0 Å². The molecule has 0 aromatic rings. The Hall–Kier alpha value is -1.20. The minimum Gasteiger partial charge on any atom is -0.481 e. The number of aliphatic carboxylic acids is 1. The van der Waals surface area contributed by atoms with E-state index in [2.05, 4.69) is 27.7 Å². The molecule has 5 heteroatoms. The average molecular weight is 487 g/mol. The number of aliphatic hydroxyl groups excluding tert-OH is 2. The Kier molecular flexibility index (Phi) is 5.40. The van der Waals surface area contributed by atoms with E-state index in [1.54, 1.807) is 0 Å². The highest BCUT2D eigenvalue weighted by Gasteiger charge is 2.70. The summed E-state index contributed by atoms with van der Waals surface area (Å²) in [7, 11) is 0. The summed E-state index contributed by atoms with van der Waals surface area (Å²) in [6.45, 7) is 13.1. The van der Waals surface area contributed by atoms with Gasteiger partial charge in [0.1, 0.15) is 0 Å². The molecule has 4 saturated carbocycles. The molecule has 5 aliphatic carbocycles. The third-order valence-corrected chi connectivity index (χ3v) is 13.2. The van der Waals surface area contributed by atoms with Gasteiger partial charge in [0, 0.05) is 11.3 Å². The van der Waals surface area contributed by atoms with Crippen LogP contribution in [0.15, 0.2) is 11.6 Å². The summed E-state index contributed by atoms with van der Waals surface area (Å²) in [5, 5.41) is 31.3. The lowest BCUT2D eigenvalue weighted by Crippen LogP contribution is -2.67. The van der Waals surface area contributed by atoms with Gasteiger partial charge >= 0.3 is 5.97 Å². The standard InChI is InChI=1S/C30H46O5/c1-25-11-12-26(2,24(34)35)16-19(25)18-15-20(32)23-27(3)9-8-22(33)28(4,17-31)21(27)7-10-30(23,6)29(18,5)14-13-25/h15,19,21-23,31,33H,7-14,16-17H2,1-6H3,(H,34,35)/t19-,21+,22-,23+,25+,26+,27-,28+,29+,30+/m0/s1. The molecule has 0 radical (unpaired) electrons. The Morgan fingerprint density at radius 2 is 1.63 bits per heavy atom. The Balaban J connectivity index is 1.62. The van der Waals surface area contributed by atoms with E-state index in [4.69, 9.17) is 0 Å². The summed E-state index contributed by atoms with van der Waals surface area (Å²) in [5.41, 5.74) is -0.676. The zero-order valence-corrected chi connectivity index (χ0v) is 22.6. The second kappa shape index (κ2) is 7.43. The summed E-state index contributed by atoms with van der Waals surface area (Å²) in [5.74, 6) is -0.423. The molecule has 10 atom stereocenters. The van der Waals surface area contributed by atoms with Crippen molar-refractivity contribution in [2.75, 3.05) is 6.61 Å². The number of carbonyl (C=O) groups excluding carboxylic acids is 1. The lowest BCUT2D eigenvalue weighted by atomic mass is 9.33. The van der Waals surface area contributed by atoms with E-state index in [-0.39, 0.29) is 51.8 Å². The van der Waals surface area contributed by atoms with Gasteiger partial charge < -0.3 is 15.3 Å². The Morgan fingerprint density at radius 3 is 2.26 bits per heavy atom. The van der Waals surface area contributed by atoms with Gasteiger partial charge in [0.2, 0.25) is 0 Å². The molecule has 0 spiro atoms. The molecule has 0 aromatic carbocycles. The number of aliphatic hydroxyl groups is 2. The molecule has 0 aliphatic heterocycles. The number of carbonyl (C=O) groups is 2. The molecule has 35 heavy (non-hydrogen) atoms. The maximum absolute atomic E-state index is 14.2. The van der Waals surface area contributed by atoms with E-state index in [1.165, 1.54) is 5.57 Å². The zero-order valence-electron chi connectivity index (χ0n) is 22.6. The van der Waals surface area contributed by atoms with Crippen LogP contribution in [0.1, 0.15) is 99.3 Å². The minimum absolute atomic E-state index is 0.0509. The molecule has 5 nitrogen and oxygen atoms in total. The van der Waals surface area contributed by atoms with Crippen molar-refractivity contribution in [1.29, 1.82) is 0 Å². The number of hydrogen-bond donors (Lipinski definition) is 3. The minimum atomic E-state index is -0.740. The number of allylic oxidation sites excluding steroid dienone is 2. The molecule has 0 amide bonds. The van der Waals surface area contributed by atoms with Crippen LogP contribution in [0.25, 0.3) is 0 Å². The lowest BCUT2D eigenvalue weighted by Gasteiger charge is -2.70. The molecule has 196 valence electrons. The van der Waals surface area contributed by atoms with Crippen molar-refractivity contribution in [3.8, 4) is 0 Å². The van der Waals surface area contributed by atoms with Crippen LogP contribution in [-0.2, 0) is 9.59 Å². The van der Waals surface area contributed by atoms with Crippen LogP contribution in [0, 0.1) is 50.2 Å². The molecule has 5 rings (SSSR count). The van der Waals surface area contributed by atoms with Crippen molar-refractivity contribution in [2.24, 2.45) is 50.2 Å². The number of hydrogen-bond acceptors (Lipinski definition) is 4. The average Bonchev–Trinajstić information content (AvgIpc) is 2.79. The maximum atomic E-state index is 14.2. The third kappa shape index (κ3) is 3.00. The van der Waals surface area contributed by atoms with Crippen LogP contribution in [-0.4, -0.2) is 39.8 Å². The van der Waals surface area contributed by atoms with Gasteiger partial charge in [-0.2, -0.15) is 0 Å². The fourth-order valence-electron chi connectivity index (χ4n) is 10.4. The number of carboxylic acid groups (broad SMARTS) is 1. The van der Waals surface area contributed by atoms with Crippen LogP contribution in [0.3, 0.4) is 0 Å². The van der Waals surface area contributed by atoms with Gasteiger partial charge in [-0.15, -0.1) is 0 Å². The Bertz CT molecular complexity index is 987. The van der Waals surface area contributed by atoms with Gasteiger partial charge in [0.15, 0.2) is 5.78 Å². The number of carboxylic acids is 1. The van der Waals surface area contributed by atoms with Crippen LogP contribution >= 0.6 is 0 Å². The number of rotatable bonds is 2. The maximum Gasteiger partial charge on any atom is 0.309 e. The van der Waals surface area contributed by atoms with E-state index < -0.39 is 22.9 Å². The molecular weight excluding hydrogens is 440 g/mol. The van der Waals surface area contributed by atoms with Gasteiger partial charge in [-0.05, 0) is 104 Å². The van der Waals surface area contributed by atoms with Crippen LogP contribution in [0.5, 0.6) is 0 Å². The Morgan fingerprint density at radius 1 is 0.971 bits per heavy atom. The Labute approximate surface area is 210 Å². The van der Waals surface area contributed by atoms with Crippen molar-refractivity contribution < 1.29 is 24.9 Å². The van der Waals surface area contributed by atoms with Crippen LogP contribution in [0.4, 0.5) is 0 Å². The van der Waals surface area contributed by atoms with Crippen LogP contribution in [0.2, 0.25) is 0 Å². The molecule has 0 unspecified atom stereocenters. The second-order valence-electron chi connectivity index (χ2n) is 14.8. The molecule has 5 aliphatic rings. The van der Waals surface area contributed by atoms with Crippen molar-refractivity contribution in [3.63, 3.8) is 0 Å².